The van der Waals surface area contributed by atoms with E-state index in [-0.39, 0.29) is 6.10 Å². The maximum Gasteiger partial charge on any atom is 0.135 e. The van der Waals surface area contributed by atoms with Crippen molar-refractivity contribution in [1.29, 1.82) is 0 Å². The molecule has 180 valence electrons. The molecule has 2 N–H and O–H groups in total. The molecule has 3 aromatic rings. The van der Waals surface area contributed by atoms with Crippen LogP contribution in [-0.2, 0) is 18.7 Å². The Balaban J connectivity index is 1.51. The van der Waals surface area contributed by atoms with Gasteiger partial charge in [0.05, 0.1) is 18.2 Å². The smallest absolute Gasteiger partial charge is 0.135 e. The van der Waals surface area contributed by atoms with Gasteiger partial charge in [-0.2, -0.15) is 0 Å². The highest BCUT2D eigenvalue weighted by Gasteiger charge is 2.25. The number of fused-ring (bicyclic) bond motifs is 1. The van der Waals surface area contributed by atoms with E-state index >= 15 is 0 Å². The van der Waals surface area contributed by atoms with Gasteiger partial charge in [0.2, 0.25) is 0 Å². The number of hydrogen-bond acceptors (Lipinski definition) is 5. The lowest BCUT2D eigenvalue weighted by Crippen LogP contribution is -2.19. The van der Waals surface area contributed by atoms with Crippen molar-refractivity contribution in [1.82, 2.24) is 15.3 Å². The molecule has 0 radical (unpaired) electrons. The Morgan fingerprint density at radius 3 is 3.00 bits per heavy atom. The summed E-state index contributed by atoms with van der Waals surface area (Å²) in [6, 6.07) is 13.2. The molecule has 0 amide bonds. The molecule has 35 heavy (non-hydrogen) atoms. The highest BCUT2D eigenvalue weighted by Crippen LogP contribution is 2.40. The average molecular weight is 485 g/mol. The zero-order chi connectivity index (χ0) is 24.6. The van der Waals surface area contributed by atoms with Crippen molar-refractivity contribution in [2.45, 2.75) is 58.1 Å². The molecule has 1 aromatic heterocycles. The first-order valence-corrected chi connectivity index (χ1v) is 12.9. The molecule has 1 aliphatic carbocycles. The van der Waals surface area contributed by atoms with Gasteiger partial charge in [-0.05, 0) is 74.7 Å². The zero-order valence-electron chi connectivity index (χ0n) is 20.6. The lowest BCUT2D eigenvalue weighted by molar-refractivity contribution is 0.241. The molecule has 1 heterocycles. The first-order chi connectivity index (χ1) is 17.1. The number of nitrogens with one attached hydrogen (secondary N) is 2. The van der Waals surface area contributed by atoms with Crippen molar-refractivity contribution in [3.05, 3.63) is 88.6 Å². The van der Waals surface area contributed by atoms with Gasteiger partial charge in [0, 0.05) is 35.3 Å². The Hall–Kier alpha value is -3.27. The fourth-order valence-corrected chi connectivity index (χ4v) is 5.39. The minimum absolute atomic E-state index is 0.110. The van der Waals surface area contributed by atoms with Crippen LogP contribution in [0.3, 0.4) is 0 Å². The Kier molecular flexibility index (Phi) is 8.46. The topological polar surface area (TPSA) is 62.3 Å². The molecule has 0 saturated heterocycles. The molecule has 0 aliphatic heterocycles. The first-order valence-electron chi connectivity index (χ1n) is 11.9. The van der Waals surface area contributed by atoms with E-state index in [1.807, 2.05) is 39.2 Å². The fourth-order valence-electron chi connectivity index (χ4n) is 4.40. The van der Waals surface area contributed by atoms with Gasteiger partial charge in [0.1, 0.15) is 11.6 Å². The summed E-state index contributed by atoms with van der Waals surface area (Å²) in [6.07, 6.45) is 7.75. The normalized spacial score (nSPS) is 15.0. The monoisotopic (exact) mass is 484 g/mol. The predicted molar refractivity (Wildman–Crippen MR) is 147 cm³/mol. The maximum absolute atomic E-state index is 5.93. The van der Waals surface area contributed by atoms with E-state index in [0.29, 0.717) is 6.04 Å². The van der Waals surface area contributed by atoms with E-state index in [0.717, 1.165) is 47.2 Å². The van der Waals surface area contributed by atoms with Crippen molar-refractivity contribution in [2.75, 3.05) is 0 Å². The standard InChI is InChI=1S/C29H32N4OS/c1-5-7-22-16-21(10-13-27(22)34-20(2)3)19-35-28(17-30-4)25-9-6-8-24-23(25)11-12-26(24)33-18-29-31-14-15-32-29/h6,8-10,13-17,20,26,33H,4,11-12,18-19H2,1-3H3,(H,31,32)/b28-17-. The lowest BCUT2D eigenvalue weighted by Gasteiger charge is -2.16. The second-order valence-electron chi connectivity index (χ2n) is 8.72. The molecular weight excluding hydrogens is 452 g/mol. The molecule has 1 unspecified atom stereocenters. The molecule has 6 heteroatoms. The number of benzene rings is 2. The predicted octanol–water partition coefficient (Wildman–Crippen LogP) is 6.28. The molecule has 4 rings (SSSR count). The van der Waals surface area contributed by atoms with Crippen LogP contribution in [-0.4, -0.2) is 22.8 Å². The third-order valence-electron chi connectivity index (χ3n) is 5.88. The maximum atomic E-state index is 5.93. The molecule has 0 bridgehead atoms. The zero-order valence-corrected chi connectivity index (χ0v) is 21.4. The van der Waals surface area contributed by atoms with E-state index in [9.17, 15) is 0 Å². The van der Waals surface area contributed by atoms with Crippen LogP contribution in [0.25, 0.3) is 4.91 Å². The van der Waals surface area contributed by atoms with Gasteiger partial charge in [0.25, 0.3) is 0 Å². The summed E-state index contributed by atoms with van der Waals surface area (Å²) < 4.78 is 5.93. The van der Waals surface area contributed by atoms with Crippen LogP contribution in [0.5, 0.6) is 5.75 Å². The number of rotatable bonds is 10. The summed E-state index contributed by atoms with van der Waals surface area (Å²) in [6.45, 7) is 10.4. The van der Waals surface area contributed by atoms with Crippen molar-refractivity contribution < 1.29 is 4.74 Å². The Morgan fingerprint density at radius 1 is 1.37 bits per heavy atom. The Morgan fingerprint density at radius 2 is 2.26 bits per heavy atom. The van der Waals surface area contributed by atoms with Gasteiger partial charge in [0.15, 0.2) is 0 Å². The SMILES string of the molecule is C=N/C=C(\SCc1ccc(OC(C)C)c(C#CC)c1)c1cccc2c1CCC2NCc1ncc[nH]1. The molecule has 0 fully saturated rings. The van der Waals surface area contributed by atoms with Gasteiger partial charge in [-0.15, -0.1) is 17.7 Å². The molecular formula is C29H32N4OS. The van der Waals surface area contributed by atoms with Gasteiger partial charge in [-0.3, -0.25) is 4.99 Å². The number of ether oxygens (including phenoxy) is 1. The van der Waals surface area contributed by atoms with Crippen LogP contribution in [0.2, 0.25) is 0 Å². The Bertz CT molecular complexity index is 1250. The molecule has 0 saturated carbocycles. The van der Waals surface area contributed by atoms with Crippen LogP contribution >= 0.6 is 11.8 Å². The first kappa shape index (κ1) is 24.8. The van der Waals surface area contributed by atoms with Crippen LogP contribution in [0, 0.1) is 11.8 Å². The van der Waals surface area contributed by atoms with Crippen LogP contribution in [0.4, 0.5) is 0 Å². The summed E-state index contributed by atoms with van der Waals surface area (Å²) in [5.74, 6) is 8.79. The minimum atomic E-state index is 0.110. The number of aliphatic imine (C=N–C) groups is 1. The largest absolute Gasteiger partial charge is 0.490 e. The third-order valence-corrected chi connectivity index (χ3v) is 6.99. The Labute approximate surface area is 212 Å². The summed E-state index contributed by atoms with van der Waals surface area (Å²) in [7, 11) is 0. The number of aromatic amines is 1. The fraction of sp³-hybridized carbons (Fsp3) is 0.310. The van der Waals surface area contributed by atoms with E-state index in [4.69, 9.17) is 4.74 Å². The molecule has 1 atom stereocenters. The minimum Gasteiger partial charge on any atom is -0.490 e. The van der Waals surface area contributed by atoms with E-state index in [1.54, 1.807) is 18.0 Å². The van der Waals surface area contributed by atoms with Crippen LogP contribution < -0.4 is 10.1 Å². The molecule has 2 aromatic carbocycles. The second-order valence-corrected chi connectivity index (χ2v) is 9.74. The quantitative estimate of drug-likeness (QED) is 0.263. The number of H-pyrrole nitrogens is 1. The van der Waals surface area contributed by atoms with Crippen LogP contribution in [0.15, 0.2) is 60.0 Å². The van der Waals surface area contributed by atoms with Gasteiger partial charge >= 0.3 is 0 Å². The lowest BCUT2D eigenvalue weighted by atomic mass is 10.0. The highest BCUT2D eigenvalue weighted by molar-refractivity contribution is 8.07. The summed E-state index contributed by atoms with van der Waals surface area (Å²) in [5.41, 5.74) is 6.13. The van der Waals surface area contributed by atoms with Crippen molar-refractivity contribution in [3.8, 4) is 17.6 Å². The highest BCUT2D eigenvalue weighted by atomic mass is 32.2. The summed E-state index contributed by atoms with van der Waals surface area (Å²) in [4.78, 5) is 12.8. The van der Waals surface area contributed by atoms with E-state index in [2.05, 4.69) is 69.2 Å². The second kappa shape index (κ2) is 11.9. The van der Waals surface area contributed by atoms with E-state index in [1.165, 1.54) is 22.3 Å². The third kappa shape index (κ3) is 6.25. The van der Waals surface area contributed by atoms with Gasteiger partial charge in [-0.25, -0.2) is 4.98 Å². The van der Waals surface area contributed by atoms with Gasteiger partial charge in [-0.1, -0.05) is 30.2 Å². The number of imidazole rings is 1. The van der Waals surface area contributed by atoms with Gasteiger partial charge < -0.3 is 15.0 Å². The van der Waals surface area contributed by atoms with E-state index < -0.39 is 0 Å². The average Bonchev–Trinajstić information content (AvgIpc) is 3.51. The number of thioether (sulfide) groups is 1. The van der Waals surface area contributed by atoms with Crippen LogP contribution in [0.1, 0.15) is 66.9 Å². The number of nitrogens with zero attached hydrogens (tertiary/aromatic N) is 2. The summed E-state index contributed by atoms with van der Waals surface area (Å²) >= 11 is 1.78. The molecule has 0 spiro atoms. The van der Waals surface area contributed by atoms with Crippen molar-refractivity contribution >= 4 is 23.4 Å². The number of aromatic nitrogens is 2. The molecule has 1 aliphatic rings. The van der Waals surface area contributed by atoms with Crippen molar-refractivity contribution in [3.63, 3.8) is 0 Å². The summed E-state index contributed by atoms with van der Waals surface area (Å²) in [5, 5.41) is 3.65. The van der Waals surface area contributed by atoms with Crippen molar-refractivity contribution in [2.24, 2.45) is 4.99 Å². The molecule has 5 nitrogen and oxygen atoms in total. The number of hydrogen-bond donors (Lipinski definition) is 2.